The third-order valence-corrected chi connectivity index (χ3v) is 5.55. The Morgan fingerprint density at radius 1 is 1.21 bits per heavy atom. The summed E-state index contributed by atoms with van der Waals surface area (Å²) in [5.41, 5.74) is 5.05. The van der Waals surface area contributed by atoms with Crippen molar-refractivity contribution in [1.29, 1.82) is 0 Å². The van der Waals surface area contributed by atoms with E-state index in [-0.39, 0.29) is 12.3 Å². The number of carbonyl (C=O) groups is 1. The van der Waals surface area contributed by atoms with Crippen LogP contribution in [0.5, 0.6) is 11.5 Å². The number of hydrazone groups is 1. The first-order chi connectivity index (χ1) is 14.0. The third kappa shape index (κ3) is 5.34. The molecule has 0 unspecified atom stereocenters. The van der Waals surface area contributed by atoms with Crippen LogP contribution in [0, 0.1) is 6.92 Å². The second-order valence-electron chi connectivity index (χ2n) is 6.12. The topological polar surface area (TPSA) is 72.8 Å². The number of nitrogens with one attached hydrogen (secondary N) is 1. The van der Waals surface area contributed by atoms with Gasteiger partial charge in [-0.1, -0.05) is 11.6 Å². The van der Waals surface area contributed by atoms with Crippen molar-refractivity contribution in [2.45, 2.75) is 13.3 Å². The summed E-state index contributed by atoms with van der Waals surface area (Å²) in [4.78, 5) is 17.7. The van der Waals surface area contributed by atoms with Crippen LogP contribution in [-0.2, 0) is 11.2 Å². The third-order valence-electron chi connectivity index (χ3n) is 4.13. The number of thiazole rings is 1. The van der Waals surface area contributed by atoms with Gasteiger partial charge in [0, 0.05) is 9.90 Å². The summed E-state index contributed by atoms with van der Waals surface area (Å²) in [5.74, 6) is 1.20. The summed E-state index contributed by atoms with van der Waals surface area (Å²) in [6, 6.07) is 12.8. The minimum atomic E-state index is -0.212. The van der Waals surface area contributed by atoms with Crippen molar-refractivity contribution in [2.24, 2.45) is 5.10 Å². The molecule has 1 N–H and O–H groups in total. The average Bonchev–Trinajstić information content (AvgIpc) is 3.08. The number of aryl methyl sites for hydroxylation is 1. The van der Waals surface area contributed by atoms with Gasteiger partial charge in [-0.2, -0.15) is 5.10 Å². The van der Waals surface area contributed by atoms with Gasteiger partial charge in [0.1, 0.15) is 16.5 Å². The number of methoxy groups -OCH3 is 2. The van der Waals surface area contributed by atoms with Crippen molar-refractivity contribution in [1.82, 2.24) is 10.4 Å². The van der Waals surface area contributed by atoms with E-state index >= 15 is 0 Å². The Bertz CT molecular complexity index is 1030. The van der Waals surface area contributed by atoms with E-state index < -0.39 is 0 Å². The number of ether oxygens (including phenoxy) is 2. The molecule has 0 bridgehead atoms. The summed E-state index contributed by atoms with van der Waals surface area (Å²) in [7, 11) is 3.20. The highest BCUT2D eigenvalue weighted by molar-refractivity contribution is 7.15. The molecule has 0 radical (unpaired) electrons. The van der Waals surface area contributed by atoms with Crippen LogP contribution in [0.4, 0.5) is 0 Å². The Hall–Kier alpha value is -2.90. The zero-order chi connectivity index (χ0) is 20.8. The van der Waals surface area contributed by atoms with Gasteiger partial charge in [-0.15, -0.1) is 11.3 Å². The predicted octanol–water partition coefficient (Wildman–Crippen LogP) is 4.48. The number of carbonyl (C=O) groups excluding carboxylic acids is 1. The molecule has 150 valence electrons. The highest BCUT2D eigenvalue weighted by atomic mass is 35.5. The zero-order valence-corrected chi connectivity index (χ0v) is 17.8. The van der Waals surface area contributed by atoms with Crippen LogP contribution in [0.15, 0.2) is 47.6 Å². The number of hydrogen-bond acceptors (Lipinski definition) is 6. The van der Waals surface area contributed by atoms with Gasteiger partial charge < -0.3 is 9.47 Å². The highest BCUT2D eigenvalue weighted by Crippen LogP contribution is 2.36. The van der Waals surface area contributed by atoms with E-state index in [9.17, 15) is 4.79 Å². The maximum Gasteiger partial charge on any atom is 0.245 e. The standard InChI is InChI=1S/C21H20ClN3O3S/c1-13-19(29-21(24-13)17-9-6-15(22)10-18(17)28-3)11-20(26)25-23-12-14-4-7-16(27-2)8-5-14/h4-10,12H,11H2,1-3H3,(H,25,26). The molecule has 0 aliphatic rings. The molecule has 2 aromatic carbocycles. The van der Waals surface area contributed by atoms with Gasteiger partial charge in [-0.05, 0) is 55.0 Å². The van der Waals surface area contributed by atoms with Gasteiger partial charge in [-0.3, -0.25) is 4.79 Å². The lowest BCUT2D eigenvalue weighted by Gasteiger charge is -2.05. The largest absolute Gasteiger partial charge is 0.497 e. The molecule has 3 aromatic rings. The van der Waals surface area contributed by atoms with E-state index in [1.165, 1.54) is 11.3 Å². The fourth-order valence-electron chi connectivity index (χ4n) is 2.60. The number of benzene rings is 2. The van der Waals surface area contributed by atoms with Crippen molar-refractivity contribution < 1.29 is 14.3 Å². The predicted molar refractivity (Wildman–Crippen MR) is 116 cm³/mol. The van der Waals surface area contributed by atoms with Crippen molar-refractivity contribution in [2.75, 3.05) is 14.2 Å². The Kier molecular flexibility index (Phi) is 6.85. The average molecular weight is 430 g/mol. The molecule has 0 saturated carbocycles. The number of aromatic nitrogens is 1. The number of rotatable bonds is 7. The number of amides is 1. The van der Waals surface area contributed by atoms with Gasteiger partial charge in [0.05, 0.1) is 38.1 Å². The van der Waals surface area contributed by atoms with Crippen molar-refractivity contribution >= 4 is 35.1 Å². The first-order valence-electron chi connectivity index (χ1n) is 8.76. The van der Waals surface area contributed by atoms with Crippen LogP contribution in [0.25, 0.3) is 10.6 Å². The van der Waals surface area contributed by atoms with Crippen LogP contribution in [-0.4, -0.2) is 31.3 Å². The maximum atomic E-state index is 12.3. The summed E-state index contributed by atoms with van der Waals surface area (Å²) in [6.45, 7) is 1.88. The van der Waals surface area contributed by atoms with E-state index in [0.29, 0.717) is 10.8 Å². The number of nitrogens with zero attached hydrogens (tertiary/aromatic N) is 2. The lowest BCUT2D eigenvalue weighted by molar-refractivity contribution is -0.120. The zero-order valence-electron chi connectivity index (χ0n) is 16.2. The second kappa shape index (κ2) is 9.54. The van der Waals surface area contributed by atoms with E-state index in [2.05, 4.69) is 15.5 Å². The SMILES string of the molecule is COc1ccc(C=NNC(=O)Cc2sc(-c3ccc(Cl)cc3OC)nc2C)cc1. The molecule has 0 fully saturated rings. The van der Waals surface area contributed by atoms with E-state index in [1.807, 2.05) is 37.3 Å². The summed E-state index contributed by atoms with van der Waals surface area (Å²) in [6.07, 6.45) is 1.78. The Labute approximate surface area is 178 Å². The summed E-state index contributed by atoms with van der Waals surface area (Å²) < 4.78 is 10.5. The van der Waals surface area contributed by atoms with Crippen molar-refractivity contribution in [3.05, 3.63) is 63.6 Å². The summed E-state index contributed by atoms with van der Waals surface area (Å²) in [5, 5.41) is 5.38. The molecule has 0 aliphatic carbocycles. The van der Waals surface area contributed by atoms with Crippen molar-refractivity contribution in [3.8, 4) is 22.1 Å². The van der Waals surface area contributed by atoms with Crippen LogP contribution >= 0.6 is 22.9 Å². The monoisotopic (exact) mass is 429 g/mol. The molecule has 1 heterocycles. The van der Waals surface area contributed by atoms with Gasteiger partial charge in [0.15, 0.2) is 0 Å². The minimum absolute atomic E-state index is 0.194. The lowest BCUT2D eigenvalue weighted by atomic mass is 10.2. The molecule has 0 saturated heterocycles. The molecule has 0 atom stereocenters. The molecule has 8 heteroatoms. The van der Waals surface area contributed by atoms with Gasteiger partial charge in [0.25, 0.3) is 0 Å². The van der Waals surface area contributed by atoms with E-state index in [0.717, 1.165) is 32.5 Å². The fraction of sp³-hybridized carbons (Fsp3) is 0.190. The normalized spacial score (nSPS) is 10.9. The van der Waals surface area contributed by atoms with E-state index in [1.54, 1.807) is 32.6 Å². The molecule has 0 spiro atoms. The lowest BCUT2D eigenvalue weighted by Crippen LogP contribution is -2.19. The molecule has 1 aromatic heterocycles. The van der Waals surface area contributed by atoms with Crippen LogP contribution < -0.4 is 14.9 Å². The molecule has 3 rings (SSSR count). The Morgan fingerprint density at radius 3 is 2.66 bits per heavy atom. The second-order valence-corrected chi connectivity index (χ2v) is 7.64. The first-order valence-corrected chi connectivity index (χ1v) is 9.95. The molecular formula is C21H20ClN3O3S. The smallest absolute Gasteiger partial charge is 0.245 e. The Morgan fingerprint density at radius 2 is 1.97 bits per heavy atom. The molecular weight excluding hydrogens is 410 g/mol. The van der Waals surface area contributed by atoms with Crippen molar-refractivity contribution in [3.63, 3.8) is 0 Å². The fourth-order valence-corrected chi connectivity index (χ4v) is 3.86. The quantitative estimate of drug-likeness (QED) is 0.444. The van der Waals surface area contributed by atoms with Crippen LogP contribution in [0.1, 0.15) is 16.1 Å². The van der Waals surface area contributed by atoms with Gasteiger partial charge >= 0.3 is 0 Å². The molecule has 6 nitrogen and oxygen atoms in total. The van der Waals surface area contributed by atoms with Gasteiger partial charge in [0.2, 0.25) is 5.91 Å². The van der Waals surface area contributed by atoms with E-state index in [4.69, 9.17) is 21.1 Å². The van der Waals surface area contributed by atoms with Crippen LogP contribution in [0.3, 0.4) is 0 Å². The number of halogens is 1. The first kappa shape index (κ1) is 20.8. The molecule has 0 aliphatic heterocycles. The Balaban J connectivity index is 1.66. The minimum Gasteiger partial charge on any atom is -0.497 e. The number of hydrogen-bond donors (Lipinski definition) is 1. The summed E-state index contributed by atoms with van der Waals surface area (Å²) >= 11 is 7.48. The maximum absolute atomic E-state index is 12.3. The molecule has 29 heavy (non-hydrogen) atoms. The van der Waals surface area contributed by atoms with Crippen LogP contribution in [0.2, 0.25) is 5.02 Å². The van der Waals surface area contributed by atoms with Gasteiger partial charge in [-0.25, -0.2) is 10.4 Å². The highest BCUT2D eigenvalue weighted by Gasteiger charge is 2.15. The molecule has 1 amide bonds.